The fourth-order valence-corrected chi connectivity index (χ4v) is 0.624. The van der Waals surface area contributed by atoms with Crippen LogP contribution in [-0.4, -0.2) is 29.2 Å². The highest BCUT2D eigenvalue weighted by atomic mass is 19.4. The minimum atomic E-state index is -5.08. The van der Waals surface area contributed by atoms with Gasteiger partial charge in [0.05, 0.1) is 6.04 Å². The number of carboxylic acid groups (broad SMARTS) is 1. The molecule has 1 unspecified atom stereocenters. The molecule has 0 bridgehead atoms. The van der Waals surface area contributed by atoms with Crippen LogP contribution in [-0.2, 0) is 9.59 Å². The van der Waals surface area contributed by atoms with Gasteiger partial charge in [-0.25, -0.2) is 4.79 Å². The average molecular weight is 244 g/mol. The van der Waals surface area contributed by atoms with E-state index in [1.54, 1.807) is 0 Å². The van der Waals surface area contributed by atoms with Crippen molar-refractivity contribution in [3.8, 4) is 0 Å². The molecule has 0 saturated heterocycles. The molecule has 0 aliphatic carbocycles. The van der Waals surface area contributed by atoms with Crippen molar-refractivity contribution in [1.29, 1.82) is 0 Å². The molecule has 0 aromatic rings. The lowest BCUT2D eigenvalue weighted by Crippen LogP contribution is -2.37. The second-order valence-corrected chi connectivity index (χ2v) is 3.44. The Bertz CT molecular complexity index is 241. The molecule has 0 saturated carbocycles. The first-order chi connectivity index (χ1) is 6.98. The van der Waals surface area contributed by atoms with E-state index < -0.39 is 24.1 Å². The molecule has 0 aliphatic heterocycles. The molecular weight excluding hydrogens is 229 g/mol. The average Bonchev–Trinajstić information content (AvgIpc) is 2.01. The van der Waals surface area contributed by atoms with E-state index in [0.717, 1.165) is 0 Å². The van der Waals surface area contributed by atoms with Gasteiger partial charge in [-0.2, -0.15) is 13.2 Å². The van der Waals surface area contributed by atoms with E-state index in [2.05, 4.69) is 0 Å². The van der Waals surface area contributed by atoms with Crippen molar-refractivity contribution >= 4 is 11.9 Å². The molecule has 0 radical (unpaired) electrons. The summed E-state index contributed by atoms with van der Waals surface area (Å²) in [5.41, 5.74) is 10.3. The van der Waals surface area contributed by atoms with Gasteiger partial charge in [0.15, 0.2) is 0 Å². The summed E-state index contributed by atoms with van der Waals surface area (Å²) >= 11 is 0. The van der Waals surface area contributed by atoms with Crippen LogP contribution in [0.1, 0.15) is 20.3 Å². The number of primary amides is 1. The van der Waals surface area contributed by atoms with Crippen LogP contribution in [0.3, 0.4) is 0 Å². The van der Waals surface area contributed by atoms with E-state index in [9.17, 15) is 18.0 Å². The Labute approximate surface area is 90.6 Å². The standard InChI is InChI=1S/C6H14N2O.C2HF3O2/c1-4(2)3-5(7)6(8)9;3-2(4,5)1(6)7/h4-5H,3,7H2,1-2H3,(H2,8,9);(H,6,7). The number of hydrogen-bond donors (Lipinski definition) is 3. The molecule has 0 aliphatic rings. The predicted octanol–water partition coefficient (Wildman–Crippen LogP) is 0.478. The maximum atomic E-state index is 10.6. The van der Waals surface area contributed by atoms with Gasteiger partial charge in [-0.05, 0) is 12.3 Å². The van der Waals surface area contributed by atoms with Crippen LogP contribution in [0, 0.1) is 5.92 Å². The number of hydrogen-bond acceptors (Lipinski definition) is 3. The molecule has 5 N–H and O–H groups in total. The number of nitrogens with two attached hydrogens (primary N) is 2. The molecule has 0 heterocycles. The number of alkyl halides is 3. The smallest absolute Gasteiger partial charge is 0.475 e. The van der Waals surface area contributed by atoms with Crippen molar-refractivity contribution in [2.45, 2.75) is 32.5 Å². The Kier molecular flexibility index (Phi) is 7.53. The van der Waals surface area contributed by atoms with Crippen LogP contribution in [0.15, 0.2) is 0 Å². The van der Waals surface area contributed by atoms with Crippen molar-refractivity contribution in [3.05, 3.63) is 0 Å². The molecule has 0 aromatic heterocycles. The fourth-order valence-electron chi connectivity index (χ4n) is 0.624. The Hall–Kier alpha value is -1.31. The molecule has 1 amide bonds. The Morgan fingerprint density at radius 2 is 1.62 bits per heavy atom. The molecule has 5 nitrogen and oxygen atoms in total. The van der Waals surface area contributed by atoms with Crippen LogP contribution in [0.2, 0.25) is 0 Å². The summed E-state index contributed by atoms with van der Waals surface area (Å²) in [6, 6.07) is -0.468. The zero-order chi connectivity index (χ0) is 13.5. The van der Waals surface area contributed by atoms with Crippen molar-refractivity contribution in [2.24, 2.45) is 17.4 Å². The van der Waals surface area contributed by atoms with E-state index in [-0.39, 0.29) is 0 Å². The number of carbonyl (C=O) groups is 2. The number of aliphatic carboxylic acids is 1. The van der Waals surface area contributed by atoms with Crippen molar-refractivity contribution in [2.75, 3.05) is 0 Å². The first-order valence-electron chi connectivity index (χ1n) is 4.33. The molecule has 0 spiro atoms. The topological polar surface area (TPSA) is 106 Å². The molecule has 1 atom stereocenters. The number of carboxylic acids is 1. The van der Waals surface area contributed by atoms with Gasteiger partial charge in [0.25, 0.3) is 0 Å². The van der Waals surface area contributed by atoms with Crippen molar-refractivity contribution in [3.63, 3.8) is 0 Å². The lowest BCUT2D eigenvalue weighted by atomic mass is 10.0. The SMILES string of the molecule is CC(C)CC(N)C(N)=O.O=C(O)C(F)(F)F. The second-order valence-electron chi connectivity index (χ2n) is 3.44. The summed E-state index contributed by atoms with van der Waals surface area (Å²) in [6.45, 7) is 4.01. The van der Waals surface area contributed by atoms with Crippen LogP contribution in [0.5, 0.6) is 0 Å². The molecule has 0 fully saturated rings. The molecular formula is C8H15F3N2O3. The third-order valence-electron chi connectivity index (χ3n) is 1.33. The van der Waals surface area contributed by atoms with Crippen LogP contribution < -0.4 is 11.5 Å². The zero-order valence-electron chi connectivity index (χ0n) is 8.91. The van der Waals surface area contributed by atoms with Crippen LogP contribution >= 0.6 is 0 Å². The van der Waals surface area contributed by atoms with E-state index in [1.165, 1.54) is 0 Å². The van der Waals surface area contributed by atoms with Crippen LogP contribution in [0.4, 0.5) is 13.2 Å². The zero-order valence-corrected chi connectivity index (χ0v) is 8.91. The van der Waals surface area contributed by atoms with E-state index >= 15 is 0 Å². The molecule has 96 valence electrons. The summed E-state index contributed by atoms with van der Waals surface area (Å²) in [5.74, 6) is -2.73. The van der Waals surface area contributed by atoms with Crippen molar-refractivity contribution < 1.29 is 27.9 Å². The van der Waals surface area contributed by atoms with Gasteiger partial charge in [-0.3, -0.25) is 4.79 Å². The van der Waals surface area contributed by atoms with Gasteiger partial charge in [0.2, 0.25) is 5.91 Å². The fraction of sp³-hybridized carbons (Fsp3) is 0.750. The third kappa shape index (κ3) is 10.8. The minimum Gasteiger partial charge on any atom is -0.475 e. The van der Waals surface area contributed by atoms with Crippen LogP contribution in [0.25, 0.3) is 0 Å². The van der Waals surface area contributed by atoms with Gasteiger partial charge in [-0.15, -0.1) is 0 Å². The van der Waals surface area contributed by atoms with Gasteiger partial charge in [0, 0.05) is 0 Å². The van der Waals surface area contributed by atoms with Gasteiger partial charge < -0.3 is 16.6 Å². The third-order valence-corrected chi connectivity index (χ3v) is 1.33. The van der Waals surface area contributed by atoms with Gasteiger partial charge >= 0.3 is 12.1 Å². The van der Waals surface area contributed by atoms with Crippen molar-refractivity contribution in [1.82, 2.24) is 0 Å². The lowest BCUT2D eigenvalue weighted by Gasteiger charge is -2.08. The lowest BCUT2D eigenvalue weighted by molar-refractivity contribution is -0.192. The highest BCUT2D eigenvalue weighted by molar-refractivity contribution is 5.79. The molecule has 0 aromatic carbocycles. The van der Waals surface area contributed by atoms with E-state index in [1.807, 2.05) is 13.8 Å². The number of carbonyl (C=O) groups excluding carboxylic acids is 1. The highest BCUT2D eigenvalue weighted by Gasteiger charge is 2.38. The second kappa shape index (κ2) is 7.04. The number of halogens is 3. The predicted molar refractivity (Wildman–Crippen MR) is 50.3 cm³/mol. The Morgan fingerprint density at radius 3 is 1.69 bits per heavy atom. The maximum Gasteiger partial charge on any atom is 0.490 e. The van der Waals surface area contributed by atoms with Gasteiger partial charge in [-0.1, -0.05) is 13.8 Å². The number of rotatable bonds is 3. The Balaban J connectivity index is 0. The first-order valence-corrected chi connectivity index (χ1v) is 4.33. The summed E-state index contributed by atoms with van der Waals surface area (Å²) in [7, 11) is 0. The Morgan fingerprint density at radius 1 is 1.31 bits per heavy atom. The van der Waals surface area contributed by atoms with Gasteiger partial charge in [0.1, 0.15) is 0 Å². The molecule has 0 rings (SSSR count). The maximum absolute atomic E-state index is 10.6. The monoisotopic (exact) mass is 244 g/mol. The van der Waals surface area contributed by atoms with E-state index in [4.69, 9.17) is 21.4 Å². The quantitative estimate of drug-likeness (QED) is 0.671. The summed E-state index contributed by atoms with van der Waals surface area (Å²) in [6.07, 6.45) is -4.41. The summed E-state index contributed by atoms with van der Waals surface area (Å²) < 4.78 is 31.7. The molecule has 16 heavy (non-hydrogen) atoms. The first kappa shape index (κ1) is 17.1. The summed E-state index contributed by atoms with van der Waals surface area (Å²) in [5, 5.41) is 7.12. The summed E-state index contributed by atoms with van der Waals surface area (Å²) in [4.78, 5) is 19.2. The normalized spacial score (nSPS) is 12.7. The molecule has 8 heteroatoms. The largest absolute Gasteiger partial charge is 0.490 e. The van der Waals surface area contributed by atoms with E-state index in [0.29, 0.717) is 12.3 Å². The highest BCUT2D eigenvalue weighted by Crippen LogP contribution is 2.13. The minimum absolute atomic E-state index is 0.413. The number of amides is 1.